The van der Waals surface area contributed by atoms with E-state index in [0.717, 1.165) is 0 Å². The molecule has 0 aliphatic heterocycles. The largest absolute Gasteiger partial charge is 0.396 e. The van der Waals surface area contributed by atoms with E-state index >= 15 is 0 Å². The molecule has 6 nitrogen and oxygen atoms in total. The Balaban J connectivity index is 2.37. The molecule has 1 rings (SSSR count). The van der Waals surface area contributed by atoms with Crippen molar-refractivity contribution in [2.24, 2.45) is 0 Å². The summed E-state index contributed by atoms with van der Waals surface area (Å²) in [5, 5.41) is 8.93. The number of aromatic nitrogens is 2. The summed E-state index contributed by atoms with van der Waals surface area (Å²) in [7, 11) is -0.862. The van der Waals surface area contributed by atoms with Gasteiger partial charge in [0.1, 0.15) is 5.69 Å². The van der Waals surface area contributed by atoms with Crippen LogP contribution in [0.2, 0.25) is 0 Å². The summed E-state index contributed by atoms with van der Waals surface area (Å²) in [6.07, 6.45) is 3.71. The molecule has 16 heavy (non-hydrogen) atoms. The zero-order valence-corrected chi connectivity index (χ0v) is 10.1. The Morgan fingerprint density at radius 2 is 2.44 bits per heavy atom. The second kappa shape index (κ2) is 5.64. The molecule has 2 unspecified atom stereocenters. The van der Waals surface area contributed by atoms with Crippen LogP contribution in [0.5, 0.6) is 0 Å². The van der Waals surface area contributed by atoms with Gasteiger partial charge < -0.3 is 11.1 Å². The van der Waals surface area contributed by atoms with Gasteiger partial charge in [-0.1, -0.05) is 6.92 Å². The molecule has 90 valence electrons. The number of hydrogen-bond donors (Lipinski definition) is 3. The van der Waals surface area contributed by atoms with Gasteiger partial charge in [0.2, 0.25) is 0 Å². The summed E-state index contributed by atoms with van der Waals surface area (Å²) in [6.45, 7) is 2.35. The second-order valence-corrected chi connectivity index (χ2v) is 5.36. The maximum absolute atomic E-state index is 11.5. The van der Waals surface area contributed by atoms with Gasteiger partial charge in [-0.25, -0.2) is 0 Å². The summed E-state index contributed by atoms with van der Waals surface area (Å²) in [5.74, 6) is -0.288. The fourth-order valence-corrected chi connectivity index (χ4v) is 1.57. The highest BCUT2D eigenvalue weighted by atomic mass is 32.2. The van der Waals surface area contributed by atoms with Crippen molar-refractivity contribution in [3.05, 3.63) is 11.9 Å². The van der Waals surface area contributed by atoms with Crippen LogP contribution in [0.25, 0.3) is 0 Å². The Morgan fingerprint density at radius 1 is 1.75 bits per heavy atom. The van der Waals surface area contributed by atoms with E-state index in [0.29, 0.717) is 18.7 Å². The average Bonchev–Trinajstić information content (AvgIpc) is 2.64. The Bertz CT molecular complexity index is 391. The predicted molar refractivity (Wildman–Crippen MR) is 63.5 cm³/mol. The van der Waals surface area contributed by atoms with Crippen molar-refractivity contribution in [1.82, 2.24) is 15.5 Å². The monoisotopic (exact) mass is 244 g/mol. The minimum Gasteiger partial charge on any atom is -0.396 e. The molecular weight excluding hydrogens is 228 g/mol. The van der Waals surface area contributed by atoms with Crippen LogP contribution in [0, 0.1) is 0 Å². The molecule has 0 aliphatic carbocycles. The molecule has 4 N–H and O–H groups in total. The lowest BCUT2D eigenvalue weighted by Gasteiger charge is -2.08. The topological polar surface area (TPSA) is 101 Å². The first-order valence-corrected chi connectivity index (χ1v) is 6.53. The van der Waals surface area contributed by atoms with Gasteiger partial charge in [0, 0.05) is 28.9 Å². The smallest absolute Gasteiger partial charge is 0.271 e. The number of nitrogen functional groups attached to an aromatic ring is 1. The van der Waals surface area contributed by atoms with Gasteiger partial charge in [-0.05, 0) is 6.42 Å². The number of H-pyrrole nitrogens is 1. The number of nitrogens with two attached hydrogens (primary N) is 1. The van der Waals surface area contributed by atoms with Crippen molar-refractivity contribution >= 4 is 22.4 Å². The van der Waals surface area contributed by atoms with E-state index in [1.54, 1.807) is 6.26 Å². The number of hydrogen-bond acceptors (Lipinski definition) is 4. The molecular formula is C9H16N4O2S. The summed E-state index contributed by atoms with van der Waals surface area (Å²) in [6, 6.07) is 0. The Morgan fingerprint density at radius 3 is 2.94 bits per heavy atom. The predicted octanol–water partition coefficient (Wildman–Crippen LogP) is -0.121. The van der Waals surface area contributed by atoms with Crippen molar-refractivity contribution in [1.29, 1.82) is 0 Å². The molecule has 0 bridgehead atoms. The maximum Gasteiger partial charge on any atom is 0.271 e. The first-order valence-electron chi connectivity index (χ1n) is 4.91. The highest BCUT2D eigenvalue weighted by molar-refractivity contribution is 7.84. The van der Waals surface area contributed by atoms with E-state index in [2.05, 4.69) is 15.5 Å². The molecule has 1 heterocycles. The lowest BCUT2D eigenvalue weighted by atomic mass is 10.3. The molecule has 0 saturated heterocycles. The third kappa shape index (κ3) is 3.34. The van der Waals surface area contributed by atoms with E-state index in [9.17, 15) is 9.00 Å². The highest BCUT2D eigenvalue weighted by Crippen LogP contribution is 2.05. The van der Waals surface area contributed by atoms with Gasteiger partial charge in [0.25, 0.3) is 5.91 Å². The van der Waals surface area contributed by atoms with Gasteiger partial charge in [0.15, 0.2) is 0 Å². The quantitative estimate of drug-likeness (QED) is 0.672. The van der Waals surface area contributed by atoms with E-state index in [-0.39, 0.29) is 16.9 Å². The SMILES string of the molecule is CC(CCNC(=O)c1[nH]ncc1N)S(C)=O. The van der Waals surface area contributed by atoms with Gasteiger partial charge in [0.05, 0.1) is 11.9 Å². The summed E-state index contributed by atoms with van der Waals surface area (Å²) in [5.41, 5.74) is 6.11. The van der Waals surface area contributed by atoms with Gasteiger partial charge in [-0.3, -0.25) is 14.1 Å². The number of amides is 1. The van der Waals surface area contributed by atoms with Crippen molar-refractivity contribution in [2.75, 3.05) is 18.5 Å². The zero-order valence-electron chi connectivity index (χ0n) is 9.32. The summed E-state index contributed by atoms with van der Waals surface area (Å²) >= 11 is 0. The summed E-state index contributed by atoms with van der Waals surface area (Å²) in [4.78, 5) is 11.5. The average molecular weight is 244 g/mol. The van der Waals surface area contributed by atoms with Crippen LogP contribution in [0.3, 0.4) is 0 Å². The third-order valence-electron chi connectivity index (χ3n) is 2.30. The van der Waals surface area contributed by atoms with Crippen LogP contribution in [0.4, 0.5) is 5.69 Å². The number of aromatic amines is 1. The van der Waals surface area contributed by atoms with Crippen LogP contribution in [0.1, 0.15) is 23.8 Å². The van der Waals surface area contributed by atoms with Crippen LogP contribution >= 0.6 is 0 Å². The Hall–Kier alpha value is -1.37. The number of nitrogens with zero attached hydrogens (tertiary/aromatic N) is 1. The van der Waals surface area contributed by atoms with Crippen LogP contribution < -0.4 is 11.1 Å². The molecule has 1 amide bonds. The second-order valence-electron chi connectivity index (χ2n) is 3.55. The van der Waals surface area contributed by atoms with E-state index in [4.69, 9.17) is 5.73 Å². The first-order chi connectivity index (χ1) is 7.52. The molecule has 0 aliphatic rings. The fourth-order valence-electron chi connectivity index (χ4n) is 1.12. The number of rotatable bonds is 5. The normalized spacial score (nSPS) is 14.4. The van der Waals surface area contributed by atoms with Gasteiger partial charge in [-0.15, -0.1) is 0 Å². The molecule has 0 spiro atoms. The lowest BCUT2D eigenvalue weighted by molar-refractivity contribution is 0.0949. The van der Waals surface area contributed by atoms with Crippen molar-refractivity contribution in [3.8, 4) is 0 Å². The fraction of sp³-hybridized carbons (Fsp3) is 0.556. The van der Waals surface area contributed by atoms with Crippen molar-refractivity contribution in [2.45, 2.75) is 18.6 Å². The standard InChI is InChI=1S/C9H16N4O2S/c1-6(16(2)15)3-4-11-9(14)8-7(10)5-12-13-8/h5-6H,3-4,10H2,1-2H3,(H,11,14)(H,12,13). The maximum atomic E-state index is 11.5. The zero-order chi connectivity index (χ0) is 12.1. The minimum absolute atomic E-state index is 0.0689. The van der Waals surface area contributed by atoms with Gasteiger partial charge in [-0.2, -0.15) is 5.10 Å². The summed E-state index contributed by atoms with van der Waals surface area (Å²) < 4.78 is 11.1. The van der Waals surface area contributed by atoms with Crippen LogP contribution in [-0.4, -0.2) is 38.4 Å². The molecule has 2 atom stereocenters. The van der Waals surface area contributed by atoms with E-state index in [1.807, 2.05) is 6.92 Å². The first kappa shape index (κ1) is 12.7. The number of anilines is 1. The third-order valence-corrected chi connectivity index (χ3v) is 3.67. The molecule has 1 aromatic heterocycles. The van der Waals surface area contributed by atoms with E-state index in [1.165, 1.54) is 6.20 Å². The van der Waals surface area contributed by atoms with Crippen LogP contribution in [-0.2, 0) is 10.8 Å². The molecule has 0 saturated carbocycles. The van der Waals surface area contributed by atoms with Crippen LogP contribution in [0.15, 0.2) is 6.20 Å². The minimum atomic E-state index is -0.862. The van der Waals surface area contributed by atoms with Crippen molar-refractivity contribution in [3.63, 3.8) is 0 Å². The number of carbonyl (C=O) groups is 1. The molecule has 7 heteroatoms. The molecule has 0 fully saturated rings. The molecule has 1 aromatic rings. The Labute approximate surface area is 96.4 Å². The lowest BCUT2D eigenvalue weighted by Crippen LogP contribution is -2.28. The van der Waals surface area contributed by atoms with Gasteiger partial charge >= 0.3 is 0 Å². The van der Waals surface area contributed by atoms with Crippen molar-refractivity contribution < 1.29 is 9.00 Å². The Kier molecular flexibility index (Phi) is 4.48. The molecule has 0 radical (unpaired) electrons. The van der Waals surface area contributed by atoms with E-state index < -0.39 is 10.8 Å². The number of nitrogens with one attached hydrogen (secondary N) is 2. The molecule has 0 aromatic carbocycles. The highest BCUT2D eigenvalue weighted by Gasteiger charge is 2.12. The number of carbonyl (C=O) groups excluding carboxylic acids is 1.